The van der Waals surface area contributed by atoms with Gasteiger partial charge in [-0.15, -0.1) is 11.3 Å². The van der Waals surface area contributed by atoms with Gasteiger partial charge in [0.15, 0.2) is 11.9 Å². The summed E-state index contributed by atoms with van der Waals surface area (Å²) in [6.45, 7) is 1.79. The number of benzene rings is 1. The molecule has 0 saturated carbocycles. The highest BCUT2D eigenvalue weighted by molar-refractivity contribution is 7.13. The van der Waals surface area contributed by atoms with E-state index in [4.69, 9.17) is 4.42 Å². The lowest BCUT2D eigenvalue weighted by molar-refractivity contribution is 0.112. The van der Waals surface area contributed by atoms with Crippen molar-refractivity contribution in [2.24, 2.45) is 0 Å². The number of aldehydes is 1. The van der Waals surface area contributed by atoms with Crippen LogP contribution in [0.3, 0.4) is 0 Å². The number of anilines is 1. The number of thiazole rings is 1. The van der Waals surface area contributed by atoms with Gasteiger partial charge >= 0.3 is 0 Å². The highest BCUT2D eigenvalue weighted by Crippen LogP contribution is 2.35. The molecule has 3 aromatic rings. The predicted molar refractivity (Wildman–Crippen MR) is 92.7 cm³/mol. The van der Waals surface area contributed by atoms with Crippen LogP contribution in [0, 0.1) is 0 Å². The molecule has 6 nitrogen and oxygen atoms in total. The molecule has 5 rings (SSSR count). The maximum absolute atomic E-state index is 11.4. The van der Waals surface area contributed by atoms with Crippen molar-refractivity contribution in [3.05, 3.63) is 29.3 Å². The number of hydrogen-bond acceptors (Lipinski definition) is 7. The van der Waals surface area contributed by atoms with Crippen molar-refractivity contribution in [3.8, 4) is 10.6 Å². The second-order valence-corrected chi connectivity index (χ2v) is 7.27. The average Bonchev–Trinajstić information content (AvgIpc) is 3.33. The molecule has 2 bridgehead atoms. The summed E-state index contributed by atoms with van der Waals surface area (Å²) in [5, 5.41) is 6.41. The van der Waals surface area contributed by atoms with Crippen molar-refractivity contribution < 1.29 is 9.21 Å². The van der Waals surface area contributed by atoms with E-state index in [-0.39, 0.29) is 0 Å². The first kappa shape index (κ1) is 14.1. The Bertz CT molecular complexity index is 893. The van der Waals surface area contributed by atoms with Crippen LogP contribution < -0.4 is 10.2 Å². The van der Waals surface area contributed by atoms with Crippen molar-refractivity contribution in [2.75, 3.05) is 18.0 Å². The molecule has 0 aliphatic carbocycles. The molecule has 122 valence electrons. The highest BCUT2D eigenvalue weighted by Gasteiger charge is 2.34. The molecule has 2 aliphatic heterocycles. The Morgan fingerprint density at radius 3 is 2.83 bits per heavy atom. The Labute approximate surface area is 142 Å². The number of carbonyl (C=O) groups is 1. The van der Waals surface area contributed by atoms with E-state index in [2.05, 4.69) is 20.2 Å². The lowest BCUT2D eigenvalue weighted by Crippen LogP contribution is -2.51. The summed E-state index contributed by atoms with van der Waals surface area (Å²) >= 11 is 1.55. The molecule has 2 fully saturated rings. The fourth-order valence-electron chi connectivity index (χ4n) is 3.72. The standard InChI is InChI=1S/C17H16N4O2S/c22-9-10-1-4-13(16-18-5-6-24-16)15-14(10)20-17(23-15)21-7-11-2-3-12(8-21)19-11/h1,4-6,9,11-12,19H,2-3,7-8H2. The van der Waals surface area contributed by atoms with E-state index >= 15 is 0 Å². The summed E-state index contributed by atoms with van der Waals surface area (Å²) in [4.78, 5) is 22.6. The Hall–Kier alpha value is -2.25. The van der Waals surface area contributed by atoms with Gasteiger partial charge in [0, 0.05) is 42.3 Å². The zero-order valence-electron chi connectivity index (χ0n) is 12.9. The molecular weight excluding hydrogens is 324 g/mol. The number of nitrogens with zero attached hydrogens (tertiary/aromatic N) is 3. The molecule has 2 atom stereocenters. The molecule has 0 amide bonds. The quantitative estimate of drug-likeness (QED) is 0.739. The van der Waals surface area contributed by atoms with Crippen LogP contribution in [0.1, 0.15) is 23.2 Å². The van der Waals surface area contributed by atoms with Crippen molar-refractivity contribution >= 4 is 34.7 Å². The maximum atomic E-state index is 11.4. The molecule has 0 spiro atoms. The third-order valence-corrected chi connectivity index (χ3v) is 5.65. The molecule has 7 heteroatoms. The smallest absolute Gasteiger partial charge is 0.298 e. The third kappa shape index (κ3) is 2.16. The second-order valence-electron chi connectivity index (χ2n) is 6.37. The first-order valence-electron chi connectivity index (χ1n) is 8.11. The Morgan fingerprint density at radius 1 is 1.29 bits per heavy atom. The zero-order valence-corrected chi connectivity index (χ0v) is 13.8. The SMILES string of the molecule is O=Cc1ccc(-c2nccs2)c2oc(N3CC4CCC(C3)N4)nc12. The first-order valence-corrected chi connectivity index (χ1v) is 8.99. The summed E-state index contributed by atoms with van der Waals surface area (Å²) in [7, 11) is 0. The van der Waals surface area contributed by atoms with E-state index < -0.39 is 0 Å². The fraction of sp³-hybridized carbons (Fsp3) is 0.353. The molecule has 4 heterocycles. The lowest BCUT2D eigenvalue weighted by atomic mass is 10.1. The summed E-state index contributed by atoms with van der Waals surface area (Å²) in [5.74, 6) is 0. The van der Waals surface area contributed by atoms with Gasteiger partial charge in [-0.2, -0.15) is 4.98 Å². The number of carbonyl (C=O) groups excluding carboxylic acids is 1. The molecule has 2 unspecified atom stereocenters. The van der Waals surface area contributed by atoms with Crippen LogP contribution in [0.15, 0.2) is 28.1 Å². The molecular formula is C17H16N4O2S. The monoisotopic (exact) mass is 340 g/mol. The van der Waals surface area contributed by atoms with Gasteiger partial charge in [-0.05, 0) is 25.0 Å². The largest absolute Gasteiger partial charge is 0.423 e. The maximum Gasteiger partial charge on any atom is 0.298 e. The number of nitrogens with one attached hydrogen (secondary N) is 1. The van der Waals surface area contributed by atoms with Crippen LogP contribution in [0.5, 0.6) is 0 Å². The zero-order chi connectivity index (χ0) is 16.1. The van der Waals surface area contributed by atoms with Crippen molar-refractivity contribution in [3.63, 3.8) is 0 Å². The highest BCUT2D eigenvalue weighted by atomic mass is 32.1. The minimum atomic E-state index is 0.503. The second kappa shape index (κ2) is 5.39. The van der Waals surface area contributed by atoms with E-state index in [1.165, 1.54) is 12.8 Å². The molecule has 2 saturated heterocycles. The summed E-state index contributed by atoms with van der Waals surface area (Å²) in [6, 6.07) is 5.29. The van der Waals surface area contributed by atoms with Crippen molar-refractivity contribution in [1.29, 1.82) is 0 Å². The van der Waals surface area contributed by atoms with Gasteiger partial charge in [-0.25, -0.2) is 4.98 Å². The Morgan fingerprint density at radius 2 is 2.12 bits per heavy atom. The van der Waals surface area contributed by atoms with Crippen LogP contribution >= 0.6 is 11.3 Å². The van der Waals surface area contributed by atoms with E-state index in [0.29, 0.717) is 34.8 Å². The van der Waals surface area contributed by atoms with Gasteiger partial charge < -0.3 is 14.6 Å². The topological polar surface area (TPSA) is 71.3 Å². The Kier molecular flexibility index (Phi) is 3.17. The number of rotatable bonds is 3. The van der Waals surface area contributed by atoms with E-state index in [0.717, 1.165) is 29.9 Å². The normalized spacial score (nSPS) is 23.1. The number of aromatic nitrogens is 2. The van der Waals surface area contributed by atoms with Gasteiger partial charge in [0.25, 0.3) is 6.01 Å². The van der Waals surface area contributed by atoms with Crippen LogP contribution in [0.4, 0.5) is 6.01 Å². The van der Waals surface area contributed by atoms with Crippen molar-refractivity contribution in [1.82, 2.24) is 15.3 Å². The first-order chi connectivity index (χ1) is 11.8. The molecule has 24 heavy (non-hydrogen) atoms. The Balaban J connectivity index is 1.63. The lowest BCUT2D eigenvalue weighted by Gasteiger charge is -2.31. The van der Waals surface area contributed by atoms with Gasteiger partial charge in [0.1, 0.15) is 10.5 Å². The minimum absolute atomic E-state index is 0.503. The van der Waals surface area contributed by atoms with E-state index in [1.807, 2.05) is 11.4 Å². The summed E-state index contributed by atoms with van der Waals surface area (Å²) in [6.07, 6.45) is 5.00. The molecule has 2 aromatic heterocycles. The minimum Gasteiger partial charge on any atom is -0.423 e. The summed E-state index contributed by atoms with van der Waals surface area (Å²) in [5.41, 5.74) is 2.72. The summed E-state index contributed by atoms with van der Waals surface area (Å²) < 4.78 is 6.12. The van der Waals surface area contributed by atoms with Crippen LogP contribution in [-0.2, 0) is 0 Å². The van der Waals surface area contributed by atoms with Crippen molar-refractivity contribution in [2.45, 2.75) is 24.9 Å². The molecule has 1 N–H and O–H groups in total. The number of piperazine rings is 1. The predicted octanol–water partition coefficient (Wildman–Crippen LogP) is 2.70. The average molecular weight is 340 g/mol. The van der Waals surface area contributed by atoms with Gasteiger partial charge in [-0.3, -0.25) is 4.79 Å². The number of oxazole rings is 1. The van der Waals surface area contributed by atoms with E-state index in [9.17, 15) is 4.79 Å². The third-order valence-electron chi connectivity index (χ3n) is 4.84. The van der Waals surface area contributed by atoms with Crippen LogP contribution in [0.25, 0.3) is 21.7 Å². The van der Waals surface area contributed by atoms with Gasteiger partial charge in [0.05, 0.1) is 5.56 Å². The van der Waals surface area contributed by atoms with Gasteiger partial charge in [-0.1, -0.05) is 0 Å². The number of fused-ring (bicyclic) bond motifs is 3. The van der Waals surface area contributed by atoms with E-state index in [1.54, 1.807) is 23.6 Å². The molecule has 0 radical (unpaired) electrons. The molecule has 1 aromatic carbocycles. The van der Waals surface area contributed by atoms with Crippen LogP contribution in [-0.4, -0.2) is 41.4 Å². The number of hydrogen-bond donors (Lipinski definition) is 1. The fourth-order valence-corrected chi connectivity index (χ4v) is 4.38. The van der Waals surface area contributed by atoms with Gasteiger partial charge in [0.2, 0.25) is 0 Å². The van der Waals surface area contributed by atoms with Crippen LogP contribution in [0.2, 0.25) is 0 Å². The molecule has 2 aliphatic rings.